The number of rotatable bonds is 3. The Kier molecular flexibility index (Phi) is 2.83. The van der Waals surface area contributed by atoms with Gasteiger partial charge < -0.3 is 0 Å². The van der Waals surface area contributed by atoms with E-state index in [1.54, 1.807) is 10.9 Å². The van der Waals surface area contributed by atoms with Crippen molar-refractivity contribution in [3.8, 4) is 11.3 Å². The van der Waals surface area contributed by atoms with Crippen LogP contribution in [0.3, 0.4) is 0 Å². The highest BCUT2D eigenvalue weighted by molar-refractivity contribution is 5.86. The van der Waals surface area contributed by atoms with E-state index in [1.165, 1.54) is 0 Å². The third kappa shape index (κ3) is 1.77. The molecule has 0 aliphatic rings. The third-order valence-electron chi connectivity index (χ3n) is 2.90. The van der Waals surface area contributed by atoms with E-state index in [0.29, 0.717) is 5.56 Å². The Labute approximate surface area is 100 Å². The van der Waals surface area contributed by atoms with Crippen LogP contribution in [0.5, 0.6) is 0 Å². The molecule has 0 atom stereocenters. The molecule has 0 aromatic carbocycles. The molecule has 2 aromatic heterocycles. The summed E-state index contributed by atoms with van der Waals surface area (Å²) in [4.78, 5) is 11.0. The summed E-state index contributed by atoms with van der Waals surface area (Å²) in [6, 6.07) is 0. The molecule has 0 aliphatic carbocycles. The topological polar surface area (TPSA) is 52.7 Å². The first-order valence-corrected chi connectivity index (χ1v) is 5.61. The predicted molar refractivity (Wildman–Crippen MR) is 65.0 cm³/mol. The average Bonchev–Trinajstić information content (AvgIpc) is 2.79. The fraction of sp³-hybridized carbons (Fsp3) is 0.417. The lowest BCUT2D eigenvalue weighted by molar-refractivity contribution is 0.112. The van der Waals surface area contributed by atoms with Crippen LogP contribution in [0.1, 0.15) is 28.7 Å². The molecular weight excluding hydrogens is 216 g/mol. The van der Waals surface area contributed by atoms with Crippen LogP contribution in [0.4, 0.5) is 0 Å². The highest BCUT2D eigenvalue weighted by atomic mass is 16.1. The van der Waals surface area contributed by atoms with Gasteiger partial charge in [-0.3, -0.25) is 14.2 Å². The SMILES string of the molecule is CCn1nc(C)c(-c2nn(C)cc2C=O)c1C. The van der Waals surface area contributed by atoms with E-state index in [1.807, 2.05) is 32.5 Å². The summed E-state index contributed by atoms with van der Waals surface area (Å²) < 4.78 is 3.58. The van der Waals surface area contributed by atoms with Crippen molar-refractivity contribution < 1.29 is 4.79 Å². The van der Waals surface area contributed by atoms with Crippen LogP contribution >= 0.6 is 0 Å². The minimum Gasteiger partial charge on any atom is -0.298 e. The first kappa shape index (κ1) is 11.6. The number of hydrogen-bond acceptors (Lipinski definition) is 3. The molecule has 0 spiro atoms. The molecule has 0 saturated heterocycles. The van der Waals surface area contributed by atoms with E-state index in [2.05, 4.69) is 10.2 Å². The maximum atomic E-state index is 11.0. The summed E-state index contributed by atoms with van der Waals surface area (Å²) in [5, 5.41) is 8.79. The molecule has 0 unspecified atom stereocenters. The Morgan fingerprint density at radius 1 is 1.35 bits per heavy atom. The molecule has 2 rings (SSSR count). The zero-order chi connectivity index (χ0) is 12.6. The second-order valence-corrected chi connectivity index (χ2v) is 4.09. The number of aromatic nitrogens is 4. The van der Waals surface area contributed by atoms with Crippen LogP contribution in [-0.4, -0.2) is 25.8 Å². The highest BCUT2D eigenvalue weighted by Gasteiger charge is 2.18. The van der Waals surface area contributed by atoms with Crippen LogP contribution in [0.15, 0.2) is 6.20 Å². The van der Waals surface area contributed by atoms with E-state index >= 15 is 0 Å². The maximum Gasteiger partial charge on any atom is 0.153 e. The first-order valence-electron chi connectivity index (χ1n) is 5.61. The molecule has 0 radical (unpaired) electrons. The molecule has 2 aromatic rings. The number of aryl methyl sites for hydroxylation is 3. The van der Waals surface area contributed by atoms with Crippen molar-refractivity contribution in [3.63, 3.8) is 0 Å². The normalized spacial score (nSPS) is 10.8. The summed E-state index contributed by atoms with van der Waals surface area (Å²) in [6.07, 6.45) is 2.56. The lowest BCUT2D eigenvalue weighted by atomic mass is 10.1. The highest BCUT2D eigenvalue weighted by Crippen LogP contribution is 2.27. The van der Waals surface area contributed by atoms with Crippen LogP contribution in [-0.2, 0) is 13.6 Å². The van der Waals surface area contributed by atoms with Crippen LogP contribution in [0.2, 0.25) is 0 Å². The standard InChI is InChI=1S/C12H16N4O/c1-5-16-9(3)11(8(2)13-16)12-10(7-17)6-15(4)14-12/h6-7H,5H2,1-4H3. The maximum absolute atomic E-state index is 11.0. The van der Waals surface area contributed by atoms with Gasteiger partial charge in [0.1, 0.15) is 5.69 Å². The first-order chi connectivity index (χ1) is 8.08. The lowest BCUT2D eigenvalue weighted by Gasteiger charge is -2.00. The fourth-order valence-corrected chi connectivity index (χ4v) is 2.13. The second kappa shape index (κ2) is 4.16. The van der Waals surface area contributed by atoms with Crippen molar-refractivity contribution in [2.24, 2.45) is 7.05 Å². The zero-order valence-electron chi connectivity index (χ0n) is 10.6. The van der Waals surface area contributed by atoms with Gasteiger partial charge in [-0.2, -0.15) is 10.2 Å². The van der Waals surface area contributed by atoms with Gasteiger partial charge in [-0.05, 0) is 20.8 Å². The van der Waals surface area contributed by atoms with Gasteiger partial charge in [-0.25, -0.2) is 0 Å². The quantitative estimate of drug-likeness (QED) is 0.757. The Balaban J connectivity index is 2.67. The molecule has 90 valence electrons. The predicted octanol–water partition coefficient (Wildman–Crippen LogP) is 1.73. The van der Waals surface area contributed by atoms with E-state index in [0.717, 1.165) is 35.5 Å². The summed E-state index contributed by atoms with van der Waals surface area (Å²) in [7, 11) is 1.81. The van der Waals surface area contributed by atoms with E-state index < -0.39 is 0 Å². The molecule has 17 heavy (non-hydrogen) atoms. The summed E-state index contributed by atoms with van der Waals surface area (Å²) >= 11 is 0. The molecular formula is C12H16N4O. The van der Waals surface area contributed by atoms with Crippen molar-refractivity contribution in [1.29, 1.82) is 0 Å². The number of carbonyl (C=O) groups is 1. The summed E-state index contributed by atoms with van der Waals surface area (Å²) in [5.74, 6) is 0. The van der Waals surface area contributed by atoms with Crippen LogP contribution in [0.25, 0.3) is 11.3 Å². The Bertz CT molecular complexity index is 565. The molecule has 5 heteroatoms. The number of nitrogens with zero attached hydrogens (tertiary/aromatic N) is 4. The van der Waals surface area contributed by atoms with Gasteiger partial charge in [0.05, 0.1) is 11.3 Å². The summed E-state index contributed by atoms with van der Waals surface area (Å²) in [6.45, 7) is 6.80. The largest absolute Gasteiger partial charge is 0.298 e. The second-order valence-electron chi connectivity index (χ2n) is 4.09. The molecule has 0 N–H and O–H groups in total. The van der Waals surface area contributed by atoms with E-state index in [-0.39, 0.29) is 0 Å². The molecule has 0 amide bonds. The van der Waals surface area contributed by atoms with Crippen molar-refractivity contribution in [3.05, 3.63) is 23.1 Å². The minimum absolute atomic E-state index is 0.606. The van der Waals surface area contributed by atoms with E-state index in [4.69, 9.17) is 0 Å². The van der Waals surface area contributed by atoms with Gasteiger partial charge in [-0.15, -0.1) is 0 Å². The van der Waals surface area contributed by atoms with E-state index in [9.17, 15) is 4.79 Å². The average molecular weight is 232 g/mol. The van der Waals surface area contributed by atoms with Crippen molar-refractivity contribution in [2.75, 3.05) is 0 Å². The Morgan fingerprint density at radius 3 is 2.59 bits per heavy atom. The van der Waals surface area contributed by atoms with Crippen LogP contribution in [0, 0.1) is 13.8 Å². The smallest absolute Gasteiger partial charge is 0.153 e. The van der Waals surface area contributed by atoms with Gasteiger partial charge in [0, 0.05) is 31.0 Å². The van der Waals surface area contributed by atoms with Crippen LogP contribution < -0.4 is 0 Å². The lowest BCUT2D eigenvalue weighted by Crippen LogP contribution is -1.99. The molecule has 0 bridgehead atoms. The van der Waals surface area contributed by atoms with Gasteiger partial charge in [0.2, 0.25) is 0 Å². The Hall–Kier alpha value is -1.91. The monoisotopic (exact) mass is 232 g/mol. The molecule has 2 heterocycles. The number of carbonyl (C=O) groups excluding carboxylic acids is 1. The number of aldehydes is 1. The molecule has 5 nitrogen and oxygen atoms in total. The van der Waals surface area contributed by atoms with Gasteiger partial charge in [0.25, 0.3) is 0 Å². The molecule has 0 fully saturated rings. The van der Waals surface area contributed by atoms with Crippen molar-refractivity contribution in [1.82, 2.24) is 19.6 Å². The third-order valence-corrected chi connectivity index (χ3v) is 2.90. The van der Waals surface area contributed by atoms with Gasteiger partial charge in [0.15, 0.2) is 6.29 Å². The van der Waals surface area contributed by atoms with Crippen molar-refractivity contribution in [2.45, 2.75) is 27.3 Å². The van der Waals surface area contributed by atoms with Crippen molar-refractivity contribution >= 4 is 6.29 Å². The van der Waals surface area contributed by atoms with Gasteiger partial charge in [-0.1, -0.05) is 0 Å². The zero-order valence-corrected chi connectivity index (χ0v) is 10.6. The number of hydrogen-bond donors (Lipinski definition) is 0. The molecule has 0 aliphatic heterocycles. The Morgan fingerprint density at radius 2 is 2.06 bits per heavy atom. The molecule has 0 saturated carbocycles. The minimum atomic E-state index is 0.606. The van der Waals surface area contributed by atoms with Gasteiger partial charge >= 0.3 is 0 Å². The summed E-state index contributed by atoms with van der Waals surface area (Å²) in [5.41, 5.74) is 4.25. The fourth-order valence-electron chi connectivity index (χ4n) is 2.13.